The van der Waals surface area contributed by atoms with Gasteiger partial charge in [-0.2, -0.15) is 0 Å². The number of nitrogens with zero attached hydrogens (tertiary/aromatic N) is 3. The molecule has 1 aliphatic rings. The number of likely N-dealkylation sites (tertiary alicyclic amines) is 1. The molecule has 134 valence electrons. The highest BCUT2D eigenvalue weighted by molar-refractivity contribution is 5.74. The SMILES string of the molecule is Cn1ccnc1CC[C@@H]1CCCCN1C(=O)NCc1cccc(F)c1. The molecule has 2 heterocycles. The second-order valence-corrected chi connectivity index (χ2v) is 6.62. The minimum absolute atomic E-state index is 0.0613. The molecule has 1 aromatic heterocycles. The van der Waals surface area contributed by atoms with Crippen molar-refractivity contribution in [2.24, 2.45) is 7.05 Å². The van der Waals surface area contributed by atoms with Gasteiger partial charge in [-0.25, -0.2) is 14.2 Å². The van der Waals surface area contributed by atoms with Crippen LogP contribution in [0.25, 0.3) is 0 Å². The molecule has 3 rings (SSSR count). The first-order valence-electron chi connectivity index (χ1n) is 8.88. The number of aromatic nitrogens is 2. The van der Waals surface area contributed by atoms with E-state index in [4.69, 9.17) is 0 Å². The Morgan fingerprint density at radius 3 is 3.04 bits per heavy atom. The van der Waals surface area contributed by atoms with Crippen LogP contribution in [0.2, 0.25) is 0 Å². The number of aryl methyl sites for hydroxylation is 2. The second-order valence-electron chi connectivity index (χ2n) is 6.62. The summed E-state index contributed by atoms with van der Waals surface area (Å²) < 4.78 is 15.3. The second kappa shape index (κ2) is 8.14. The average molecular weight is 344 g/mol. The van der Waals surface area contributed by atoms with Crippen molar-refractivity contribution in [3.05, 3.63) is 53.9 Å². The summed E-state index contributed by atoms with van der Waals surface area (Å²) in [7, 11) is 1.99. The van der Waals surface area contributed by atoms with E-state index < -0.39 is 0 Å². The van der Waals surface area contributed by atoms with Gasteiger partial charge in [-0.1, -0.05) is 12.1 Å². The molecule has 1 atom stereocenters. The van der Waals surface area contributed by atoms with Gasteiger partial charge in [-0.15, -0.1) is 0 Å². The van der Waals surface area contributed by atoms with Crippen molar-refractivity contribution in [2.75, 3.05) is 6.54 Å². The molecule has 1 aliphatic heterocycles. The number of benzene rings is 1. The molecule has 1 saturated heterocycles. The van der Waals surface area contributed by atoms with Crippen LogP contribution in [0.3, 0.4) is 0 Å². The van der Waals surface area contributed by atoms with Crippen molar-refractivity contribution < 1.29 is 9.18 Å². The van der Waals surface area contributed by atoms with Crippen LogP contribution >= 0.6 is 0 Å². The Labute approximate surface area is 147 Å². The van der Waals surface area contributed by atoms with Gasteiger partial charge in [-0.3, -0.25) is 0 Å². The first-order chi connectivity index (χ1) is 12.1. The monoisotopic (exact) mass is 344 g/mol. The lowest BCUT2D eigenvalue weighted by molar-refractivity contribution is 0.146. The Morgan fingerprint density at radius 1 is 1.40 bits per heavy atom. The predicted octanol–water partition coefficient (Wildman–Crippen LogP) is 3.26. The van der Waals surface area contributed by atoms with E-state index in [9.17, 15) is 9.18 Å². The summed E-state index contributed by atoms with van der Waals surface area (Å²) in [5.74, 6) is 0.767. The lowest BCUT2D eigenvalue weighted by atomic mass is 9.98. The molecule has 2 aromatic rings. The fourth-order valence-corrected chi connectivity index (χ4v) is 3.43. The van der Waals surface area contributed by atoms with Crippen LogP contribution in [0.4, 0.5) is 9.18 Å². The lowest BCUT2D eigenvalue weighted by Gasteiger charge is -2.35. The maximum absolute atomic E-state index is 13.2. The van der Waals surface area contributed by atoms with Gasteiger partial charge in [0, 0.05) is 45.0 Å². The molecular formula is C19H25FN4O. The number of amides is 2. The van der Waals surface area contributed by atoms with Crippen LogP contribution in [-0.2, 0) is 20.0 Å². The molecule has 1 N–H and O–H groups in total. The number of carbonyl (C=O) groups excluding carboxylic acids is 1. The van der Waals surface area contributed by atoms with Gasteiger partial charge in [0.1, 0.15) is 11.6 Å². The van der Waals surface area contributed by atoms with E-state index >= 15 is 0 Å². The van der Waals surface area contributed by atoms with Gasteiger partial charge in [0.15, 0.2) is 0 Å². The van der Waals surface area contributed by atoms with Crippen molar-refractivity contribution in [1.82, 2.24) is 19.8 Å². The largest absolute Gasteiger partial charge is 0.338 e. The van der Waals surface area contributed by atoms with Gasteiger partial charge in [0.25, 0.3) is 0 Å². The highest BCUT2D eigenvalue weighted by atomic mass is 19.1. The summed E-state index contributed by atoms with van der Waals surface area (Å²) in [6, 6.07) is 6.51. The van der Waals surface area contributed by atoms with Crippen molar-refractivity contribution >= 4 is 6.03 Å². The summed E-state index contributed by atoms with van der Waals surface area (Å²) in [6.07, 6.45) is 8.74. The quantitative estimate of drug-likeness (QED) is 0.905. The molecule has 6 heteroatoms. The van der Waals surface area contributed by atoms with Gasteiger partial charge in [0.05, 0.1) is 0 Å². The van der Waals surface area contributed by atoms with Crippen LogP contribution in [0.1, 0.15) is 37.1 Å². The smallest absolute Gasteiger partial charge is 0.317 e. The van der Waals surface area contributed by atoms with Gasteiger partial charge in [-0.05, 0) is 43.4 Å². The molecule has 2 amide bonds. The first-order valence-corrected chi connectivity index (χ1v) is 8.88. The average Bonchev–Trinajstić information content (AvgIpc) is 3.03. The van der Waals surface area contributed by atoms with E-state index in [2.05, 4.69) is 10.3 Å². The number of hydrogen-bond donors (Lipinski definition) is 1. The fraction of sp³-hybridized carbons (Fsp3) is 0.474. The van der Waals surface area contributed by atoms with E-state index in [1.807, 2.05) is 28.8 Å². The predicted molar refractivity (Wildman–Crippen MR) is 94.5 cm³/mol. The number of nitrogens with one attached hydrogen (secondary N) is 1. The summed E-state index contributed by atoms with van der Waals surface area (Å²) >= 11 is 0. The molecule has 0 unspecified atom stereocenters. The van der Waals surface area contributed by atoms with Crippen molar-refractivity contribution in [3.63, 3.8) is 0 Å². The zero-order chi connectivity index (χ0) is 17.6. The van der Waals surface area contributed by atoms with Crippen LogP contribution in [0.15, 0.2) is 36.7 Å². The van der Waals surface area contributed by atoms with Crippen LogP contribution < -0.4 is 5.32 Å². The summed E-state index contributed by atoms with van der Waals surface area (Å²) in [5.41, 5.74) is 0.773. The zero-order valence-electron chi connectivity index (χ0n) is 14.6. The Kier molecular flexibility index (Phi) is 5.68. The molecule has 0 radical (unpaired) electrons. The Hall–Kier alpha value is -2.37. The van der Waals surface area contributed by atoms with Crippen LogP contribution in [-0.4, -0.2) is 33.1 Å². The van der Waals surface area contributed by atoms with E-state index in [0.29, 0.717) is 6.54 Å². The van der Waals surface area contributed by atoms with E-state index in [0.717, 1.165) is 50.0 Å². The van der Waals surface area contributed by atoms with E-state index in [-0.39, 0.29) is 17.9 Å². The van der Waals surface area contributed by atoms with Crippen molar-refractivity contribution in [2.45, 2.75) is 44.7 Å². The number of carbonyl (C=O) groups is 1. The van der Waals surface area contributed by atoms with Crippen molar-refractivity contribution in [1.29, 1.82) is 0 Å². The maximum atomic E-state index is 13.2. The fourth-order valence-electron chi connectivity index (χ4n) is 3.43. The topological polar surface area (TPSA) is 50.2 Å². The maximum Gasteiger partial charge on any atom is 0.317 e. The van der Waals surface area contributed by atoms with E-state index in [1.54, 1.807) is 12.3 Å². The number of piperidine rings is 1. The molecule has 1 aromatic carbocycles. The highest BCUT2D eigenvalue weighted by Gasteiger charge is 2.26. The number of urea groups is 1. The third-order valence-electron chi connectivity index (χ3n) is 4.84. The molecule has 5 nitrogen and oxygen atoms in total. The Balaban J connectivity index is 1.56. The zero-order valence-corrected chi connectivity index (χ0v) is 14.6. The number of halogens is 1. The summed E-state index contributed by atoms with van der Waals surface area (Å²) in [6.45, 7) is 1.12. The summed E-state index contributed by atoms with van der Waals surface area (Å²) in [5, 5.41) is 2.93. The highest BCUT2D eigenvalue weighted by Crippen LogP contribution is 2.21. The van der Waals surface area contributed by atoms with Crippen LogP contribution in [0.5, 0.6) is 0 Å². The molecular weight excluding hydrogens is 319 g/mol. The molecule has 25 heavy (non-hydrogen) atoms. The lowest BCUT2D eigenvalue weighted by Crippen LogP contribution is -2.48. The van der Waals surface area contributed by atoms with Gasteiger partial charge < -0.3 is 14.8 Å². The molecule has 1 fully saturated rings. The first kappa shape index (κ1) is 17.5. The minimum atomic E-state index is -0.280. The number of hydrogen-bond acceptors (Lipinski definition) is 2. The Bertz CT molecular complexity index is 715. The minimum Gasteiger partial charge on any atom is -0.338 e. The van der Waals surface area contributed by atoms with Gasteiger partial charge >= 0.3 is 6.03 Å². The Morgan fingerprint density at radius 2 is 2.28 bits per heavy atom. The number of rotatable bonds is 5. The third kappa shape index (κ3) is 4.59. The number of imidazole rings is 1. The summed E-state index contributed by atoms with van der Waals surface area (Å²) in [4.78, 5) is 18.9. The molecule has 0 saturated carbocycles. The molecule has 0 bridgehead atoms. The molecule has 0 aliphatic carbocycles. The molecule has 0 spiro atoms. The third-order valence-corrected chi connectivity index (χ3v) is 4.84. The van der Waals surface area contributed by atoms with Gasteiger partial charge in [0.2, 0.25) is 0 Å². The normalized spacial score (nSPS) is 17.5. The van der Waals surface area contributed by atoms with Crippen molar-refractivity contribution in [3.8, 4) is 0 Å². The van der Waals surface area contributed by atoms with Crippen LogP contribution in [0, 0.1) is 5.82 Å². The van der Waals surface area contributed by atoms with E-state index in [1.165, 1.54) is 12.1 Å². The standard InChI is InChI=1S/C19H25FN4O/c1-23-12-10-21-18(23)9-8-17-7-2-3-11-24(17)19(25)22-14-15-5-4-6-16(20)13-15/h4-6,10,12-13,17H,2-3,7-9,11,14H2,1H3,(H,22,25)/t17-/m0/s1.